The molecule has 2 aromatic rings. The third-order valence-corrected chi connectivity index (χ3v) is 4.68. The lowest BCUT2D eigenvalue weighted by molar-refractivity contribution is -0.149. The van der Waals surface area contributed by atoms with Crippen molar-refractivity contribution in [2.75, 3.05) is 46.8 Å². The molecule has 6 heteroatoms. The molecule has 0 heterocycles. The predicted octanol–water partition coefficient (Wildman–Crippen LogP) is 3.98. The normalized spacial score (nSPS) is 10.3. The molecule has 0 unspecified atom stereocenters. The number of terminal acetylenes is 2. The Balaban J connectivity index is 1.52. The van der Waals surface area contributed by atoms with Gasteiger partial charge >= 0.3 is 5.97 Å². The molecule has 0 spiro atoms. The van der Waals surface area contributed by atoms with Crippen LogP contribution in [0.3, 0.4) is 0 Å². The van der Waals surface area contributed by atoms with Crippen molar-refractivity contribution in [2.24, 2.45) is 5.92 Å². The molecule has 174 valence electrons. The molecule has 0 aliphatic carbocycles. The highest BCUT2D eigenvalue weighted by Gasteiger charge is 2.17. The van der Waals surface area contributed by atoms with Crippen LogP contribution >= 0.6 is 0 Å². The minimum Gasteiger partial charge on any atom is -0.497 e. The molecule has 33 heavy (non-hydrogen) atoms. The van der Waals surface area contributed by atoms with E-state index in [0.717, 1.165) is 22.6 Å². The van der Waals surface area contributed by atoms with Gasteiger partial charge in [0.1, 0.15) is 24.7 Å². The maximum absolute atomic E-state index is 11.8. The summed E-state index contributed by atoms with van der Waals surface area (Å²) in [6, 6.07) is 15.8. The Labute approximate surface area is 196 Å². The molecule has 0 radical (unpaired) electrons. The van der Waals surface area contributed by atoms with Crippen molar-refractivity contribution in [1.29, 1.82) is 0 Å². The quantitative estimate of drug-likeness (QED) is 0.232. The standard InChI is InChI=1S/C27H30O6/c1-4-6-24(7-5-2)27(28)33-21-19-31-17-16-30-18-20-32-26-14-10-23(11-15-26)22-8-12-25(29-3)13-9-22/h1-2,8-15,24H,6-7,16-21H2,3H3. The average Bonchev–Trinajstić information content (AvgIpc) is 2.85. The number of hydrogen-bond donors (Lipinski definition) is 0. The zero-order chi connectivity index (χ0) is 23.7. The van der Waals surface area contributed by atoms with E-state index < -0.39 is 5.92 Å². The summed E-state index contributed by atoms with van der Waals surface area (Å²) in [5, 5.41) is 0. The topological polar surface area (TPSA) is 63.2 Å². The molecule has 0 aliphatic rings. The van der Waals surface area contributed by atoms with Gasteiger partial charge in [-0.05, 0) is 35.4 Å². The lowest BCUT2D eigenvalue weighted by Gasteiger charge is -2.11. The molecule has 2 rings (SSSR count). The Hall–Kier alpha value is -3.45. The van der Waals surface area contributed by atoms with E-state index >= 15 is 0 Å². The first-order valence-corrected chi connectivity index (χ1v) is 10.7. The van der Waals surface area contributed by atoms with Gasteiger partial charge in [0.15, 0.2) is 0 Å². The maximum atomic E-state index is 11.8. The molecular formula is C27H30O6. The second-order valence-electron chi connectivity index (χ2n) is 7.01. The molecule has 0 N–H and O–H groups in total. The van der Waals surface area contributed by atoms with Crippen LogP contribution in [0.1, 0.15) is 12.8 Å². The first kappa shape index (κ1) is 25.8. The summed E-state index contributed by atoms with van der Waals surface area (Å²) in [5.41, 5.74) is 2.21. The highest BCUT2D eigenvalue weighted by molar-refractivity contribution is 5.73. The molecular weight excluding hydrogens is 420 g/mol. The Kier molecular flexibility index (Phi) is 12.0. The van der Waals surface area contributed by atoms with Crippen molar-refractivity contribution in [3.8, 4) is 47.3 Å². The molecule has 6 nitrogen and oxygen atoms in total. The fourth-order valence-corrected chi connectivity index (χ4v) is 2.91. The Bertz CT molecular complexity index is 890. The lowest BCUT2D eigenvalue weighted by atomic mass is 10.0. The Morgan fingerprint density at radius 3 is 1.76 bits per heavy atom. The van der Waals surface area contributed by atoms with Crippen LogP contribution < -0.4 is 9.47 Å². The second kappa shape index (κ2) is 15.4. The molecule has 0 aliphatic heterocycles. The van der Waals surface area contributed by atoms with Crippen molar-refractivity contribution in [3.63, 3.8) is 0 Å². The first-order valence-electron chi connectivity index (χ1n) is 10.7. The van der Waals surface area contributed by atoms with Crippen molar-refractivity contribution in [3.05, 3.63) is 48.5 Å². The smallest absolute Gasteiger partial charge is 0.310 e. The molecule has 0 amide bonds. The fraction of sp³-hybridized carbons (Fsp3) is 0.370. The van der Waals surface area contributed by atoms with Gasteiger partial charge in [-0.3, -0.25) is 4.79 Å². The summed E-state index contributed by atoms with van der Waals surface area (Å²) in [6.45, 7) is 2.13. The minimum atomic E-state index is -0.456. The van der Waals surface area contributed by atoms with Crippen molar-refractivity contribution in [1.82, 2.24) is 0 Å². The highest BCUT2D eigenvalue weighted by atomic mass is 16.6. The summed E-state index contributed by atoms with van der Waals surface area (Å²) < 4.78 is 26.9. The van der Waals surface area contributed by atoms with Gasteiger partial charge in [0.25, 0.3) is 0 Å². The van der Waals surface area contributed by atoms with E-state index in [9.17, 15) is 4.79 Å². The van der Waals surface area contributed by atoms with Gasteiger partial charge in [-0.2, -0.15) is 0 Å². The minimum absolute atomic E-state index is 0.153. The van der Waals surface area contributed by atoms with Gasteiger partial charge in [-0.15, -0.1) is 24.7 Å². The molecule has 0 atom stereocenters. The number of carbonyl (C=O) groups excluding carboxylic acids is 1. The largest absolute Gasteiger partial charge is 0.497 e. The van der Waals surface area contributed by atoms with E-state index in [4.69, 9.17) is 36.5 Å². The number of carbonyl (C=O) groups is 1. The zero-order valence-electron chi connectivity index (χ0n) is 19.0. The number of ether oxygens (including phenoxy) is 5. The molecule has 0 aromatic heterocycles. The number of esters is 1. The van der Waals surface area contributed by atoms with Gasteiger partial charge in [-0.25, -0.2) is 0 Å². The monoisotopic (exact) mass is 450 g/mol. The van der Waals surface area contributed by atoms with E-state index in [1.807, 2.05) is 48.5 Å². The molecule has 0 saturated carbocycles. The van der Waals surface area contributed by atoms with Crippen LogP contribution in [0, 0.1) is 30.6 Å². The van der Waals surface area contributed by atoms with Crippen LogP contribution in [-0.4, -0.2) is 52.7 Å². The van der Waals surface area contributed by atoms with E-state index in [-0.39, 0.29) is 32.0 Å². The van der Waals surface area contributed by atoms with Gasteiger partial charge in [0, 0.05) is 12.8 Å². The molecule has 2 aromatic carbocycles. The van der Waals surface area contributed by atoms with Gasteiger partial charge in [-0.1, -0.05) is 24.3 Å². The third-order valence-electron chi connectivity index (χ3n) is 4.68. The van der Waals surface area contributed by atoms with Crippen LogP contribution in [0.15, 0.2) is 48.5 Å². The first-order chi connectivity index (χ1) is 16.2. The Morgan fingerprint density at radius 1 is 0.758 bits per heavy atom. The van der Waals surface area contributed by atoms with Crippen LogP contribution in [0.25, 0.3) is 11.1 Å². The predicted molar refractivity (Wildman–Crippen MR) is 127 cm³/mol. The number of methoxy groups -OCH3 is 1. The summed E-state index contributed by atoms with van der Waals surface area (Å²) in [4.78, 5) is 11.8. The SMILES string of the molecule is C#CCC(CC#C)C(=O)OCCOCCOCCOc1ccc(-c2ccc(OC)cc2)cc1. The van der Waals surface area contributed by atoms with E-state index in [1.54, 1.807) is 7.11 Å². The van der Waals surface area contributed by atoms with Crippen LogP contribution in [0.2, 0.25) is 0 Å². The van der Waals surface area contributed by atoms with Gasteiger partial charge < -0.3 is 23.7 Å². The summed E-state index contributed by atoms with van der Waals surface area (Å²) in [6.07, 6.45) is 11.0. The fourth-order valence-electron chi connectivity index (χ4n) is 2.91. The summed E-state index contributed by atoms with van der Waals surface area (Å²) in [5.74, 6) is 5.63. The van der Waals surface area contributed by atoms with Gasteiger partial charge in [0.05, 0.1) is 39.5 Å². The number of benzene rings is 2. The van der Waals surface area contributed by atoms with E-state index in [0.29, 0.717) is 26.4 Å². The van der Waals surface area contributed by atoms with Gasteiger partial charge in [0.2, 0.25) is 0 Å². The van der Waals surface area contributed by atoms with E-state index in [2.05, 4.69) is 11.8 Å². The third kappa shape index (κ3) is 9.70. The summed E-state index contributed by atoms with van der Waals surface area (Å²) >= 11 is 0. The molecule has 0 fully saturated rings. The zero-order valence-corrected chi connectivity index (χ0v) is 19.0. The highest BCUT2D eigenvalue weighted by Crippen LogP contribution is 2.24. The maximum Gasteiger partial charge on any atom is 0.310 e. The number of hydrogen-bond acceptors (Lipinski definition) is 6. The second-order valence-corrected chi connectivity index (χ2v) is 7.01. The summed E-state index contributed by atoms with van der Waals surface area (Å²) in [7, 11) is 1.65. The van der Waals surface area contributed by atoms with Crippen LogP contribution in [-0.2, 0) is 19.0 Å². The van der Waals surface area contributed by atoms with Crippen LogP contribution in [0.4, 0.5) is 0 Å². The average molecular weight is 451 g/mol. The lowest BCUT2D eigenvalue weighted by Crippen LogP contribution is -2.20. The number of rotatable bonds is 15. The van der Waals surface area contributed by atoms with Crippen molar-refractivity contribution < 1.29 is 28.5 Å². The van der Waals surface area contributed by atoms with Crippen LogP contribution in [0.5, 0.6) is 11.5 Å². The van der Waals surface area contributed by atoms with Crippen molar-refractivity contribution in [2.45, 2.75) is 12.8 Å². The molecule has 0 bridgehead atoms. The van der Waals surface area contributed by atoms with Crippen molar-refractivity contribution >= 4 is 5.97 Å². The Morgan fingerprint density at radius 2 is 1.24 bits per heavy atom. The van der Waals surface area contributed by atoms with E-state index in [1.165, 1.54) is 0 Å². The molecule has 0 saturated heterocycles.